The van der Waals surface area contributed by atoms with E-state index in [4.69, 9.17) is 0 Å². The summed E-state index contributed by atoms with van der Waals surface area (Å²) in [5.41, 5.74) is -0.308. The third-order valence-electron chi connectivity index (χ3n) is 2.50. The van der Waals surface area contributed by atoms with Gasteiger partial charge in [-0.3, -0.25) is 0 Å². The highest BCUT2D eigenvalue weighted by atomic mass is 79.9. The van der Waals surface area contributed by atoms with Crippen molar-refractivity contribution in [3.05, 3.63) is 15.0 Å². The van der Waals surface area contributed by atoms with E-state index in [1.54, 1.807) is 24.5 Å². The molecule has 1 aromatic rings. The molecular weight excluding hydrogens is 276 g/mol. The van der Waals surface area contributed by atoms with Crippen molar-refractivity contribution in [3.8, 4) is 0 Å². The number of aromatic nitrogens is 1. The van der Waals surface area contributed by atoms with Gasteiger partial charge in [-0.05, 0) is 43.6 Å². The minimum atomic E-state index is -0.400. The van der Waals surface area contributed by atoms with Gasteiger partial charge in [-0.2, -0.15) is 0 Å². The summed E-state index contributed by atoms with van der Waals surface area (Å²) in [6.45, 7) is 7.81. The second-order valence-electron chi connectivity index (χ2n) is 4.27. The van der Waals surface area contributed by atoms with E-state index < -0.39 is 6.10 Å². The average Bonchev–Trinajstić information content (AvgIpc) is 2.50. The molecule has 0 aliphatic rings. The van der Waals surface area contributed by atoms with Crippen LogP contribution >= 0.6 is 27.3 Å². The van der Waals surface area contributed by atoms with Gasteiger partial charge in [0.25, 0.3) is 0 Å². The maximum atomic E-state index is 9.59. The van der Waals surface area contributed by atoms with Gasteiger partial charge in [-0.1, -0.05) is 0 Å². The van der Waals surface area contributed by atoms with Crippen LogP contribution in [0.5, 0.6) is 0 Å². The first kappa shape index (κ1) is 13.1. The zero-order valence-electron chi connectivity index (χ0n) is 9.41. The van der Waals surface area contributed by atoms with Gasteiger partial charge in [0.2, 0.25) is 0 Å². The molecule has 0 aliphatic carbocycles. The quantitative estimate of drug-likeness (QED) is 0.897. The molecule has 0 aromatic carbocycles. The standard InChI is InChI=1S/C10H17BrN2OS/c1-6(9-12-5-8(11)15-9)13-10(3,4)7(2)14/h5-7,13-14H,1-4H3. The van der Waals surface area contributed by atoms with Crippen LogP contribution in [0.3, 0.4) is 0 Å². The summed E-state index contributed by atoms with van der Waals surface area (Å²) >= 11 is 5.00. The van der Waals surface area contributed by atoms with Gasteiger partial charge in [-0.25, -0.2) is 4.98 Å². The highest BCUT2D eigenvalue weighted by Gasteiger charge is 2.26. The van der Waals surface area contributed by atoms with E-state index in [0.29, 0.717) is 0 Å². The van der Waals surface area contributed by atoms with Gasteiger partial charge in [-0.15, -0.1) is 11.3 Å². The molecule has 2 atom stereocenters. The van der Waals surface area contributed by atoms with Crippen molar-refractivity contribution in [1.29, 1.82) is 0 Å². The minimum absolute atomic E-state index is 0.144. The molecule has 1 rings (SSSR count). The van der Waals surface area contributed by atoms with Crippen LogP contribution in [0.15, 0.2) is 9.98 Å². The maximum Gasteiger partial charge on any atom is 0.110 e. The molecule has 2 unspecified atom stereocenters. The van der Waals surface area contributed by atoms with Crippen LogP contribution in [-0.4, -0.2) is 21.7 Å². The Morgan fingerprint density at radius 2 is 2.13 bits per heavy atom. The summed E-state index contributed by atoms with van der Waals surface area (Å²) in [4.78, 5) is 4.29. The van der Waals surface area contributed by atoms with Gasteiger partial charge in [0.05, 0.1) is 22.1 Å². The lowest BCUT2D eigenvalue weighted by atomic mass is 9.98. The SMILES string of the molecule is CC(NC(C)(C)C(C)O)c1ncc(Br)s1. The number of hydrogen-bond donors (Lipinski definition) is 2. The molecule has 0 aliphatic heterocycles. The molecule has 0 saturated heterocycles. The Morgan fingerprint density at radius 3 is 2.53 bits per heavy atom. The Bertz CT molecular complexity index is 325. The number of hydrogen-bond acceptors (Lipinski definition) is 4. The van der Waals surface area contributed by atoms with E-state index in [1.165, 1.54) is 0 Å². The van der Waals surface area contributed by atoms with Crippen LogP contribution in [-0.2, 0) is 0 Å². The van der Waals surface area contributed by atoms with Crippen molar-refractivity contribution in [1.82, 2.24) is 10.3 Å². The number of nitrogens with one attached hydrogen (secondary N) is 1. The number of thiazole rings is 1. The molecule has 0 spiro atoms. The molecule has 0 radical (unpaired) electrons. The molecule has 5 heteroatoms. The van der Waals surface area contributed by atoms with E-state index in [-0.39, 0.29) is 11.6 Å². The Balaban J connectivity index is 2.67. The lowest BCUT2D eigenvalue weighted by Crippen LogP contribution is -2.49. The smallest absolute Gasteiger partial charge is 0.110 e. The van der Waals surface area contributed by atoms with Crippen LogP contribution in [0, 0.1) is 0 Å². The van der Waals surface area contributed by atoms with Crippen molar-refractivity contribution in [2.45, 2.75) is 45.4 Å². The van der Waals surface area contributed by atoms with Crippen LogP contribution in [0.4, 0.5) is 0 Å². The first-order valence-electron chi connectivity index (χ1n) is 4.90. The summed E-state index contributed by atoms with van der Waals surface area (Å²) < 4.78 is 1.03. The lowest BCUT2D eigenvalue weighted by Gasteiger charge is -2.32. The van der Waals surface area contributed by atoms with Crippen LogP contribution in [0.25, 0.3) is 0 Å². The third kappa shape index (κ3) is 3.52. The van der Waals surface area contributed by atoms with E-state index in [1.807, 2.05) is 13.8 Å². The molecule has 3 nitrogen and oxygen atoms in total. The van der Waals surface area contributed by atoms with Crippen LogP contribution in [0.2, 0.25) is 0 Å². The summed E-state index contributed by atoms with van der Waals surface area (Å²) in [6, 6.07) is 0.144. The number of rotatable bonds is 4. The molecule has 0 amide bonds. The van der Waals surface area contributed by atoms with Crippen molar-refractivity contribution in [3.63, 3.8) is 0 Å². The van der Waals surface area contributed by atoms with Gasteiger partial charge in [0.1, 0.15) is 5.01 Å². The molecule has 15 heavy (non-hydrogen) atoms. The van der Waals surface area contributed by atoms with Crippen molar-refractivity contribution >= 4 is 27.3 Å². The Morgan fingerprint density at radius 1 is 1.53 bits per heavy atom. The summed E-state index contributed by atoms with van der Waals surface area (Å²) in [6.07, 6.45) is 1.40. The fraction of sp³-hybridized carbons (Fsp3) is 0.700. The monoisotopic (exact) mass is 292 g/mol. The first-order chi connectivity index (χ1) is 6.83. The summed E-state index contributed by atoms with van der Waals surface area (Å²) in [7, 11) is 0. The van der Waals surface area contributed by atoms with Crippen LogP contribution in [0.1, 0.15) is 38.7 Å². The van der Waals surface area contributed by atoms with Crippen LogP contribution < -0.4 is 5.32 Å². The normalized spacial score (nSPS) is 16.4. The molecular formula is C10H17BrN2OS. The molecule has 1 aromatic heterocycles. The van der Waals surface area contributed by atoms with Crippen molar-refractivity contribution in [2.75, 3.05) is 0 Å². The largest absolute Gasteiger partial charge is 0.392 e. The molecule has 0 fully saturated rings. The predicted octanol–water partition coefficient (Wildman–Crippen LogP) is 2.72. The fourth-order valence-electron chi connectivity index (χ4n) is 1.21. The molecule has 2 N–H and O–H groups in total. The summed E-state index contributed by atoms with van der Waals surface area (Å²) in [5, 5.41) is 14.0. The number of aliphatic hydroxyl groups is 1. The highest BCUT2D eigenvalue weighted by Crippen LogP contribution is 2.26. The van der Waals surface area contributed by atoms with E-state index in [9.17, 15) is 5.11 Å². The second-order valence-corrected chi connectivity index (χ2v) is 6.71. The molecule has 0 bridgehead atoms. The van der Waals surface area contributed by atoms with Crippen molar-refractivity contribution in [2.24, 2.45) is 0 Å². The highest BCUT2D eigenvalue weighted by molar-refractivity contribution is 9.11. The van der Waals surface area contributed by atoms with E-state index in [0.717, 1.165) is 8.79 Å². The van der Waals surface area contributed by atoms with E-state index >= 15 is 0 Å². The lowest BCUT2D eigenvalue weighted by molar-refractivity contribution is 0.0894. The Hall–Kier alpha value is 0.0300. The summed E-state index contributed by atoms with van der Waals surface area (Å²) in [5.74, 6) is 0. The van der Waals surface area contributed by atoms with Gasteiger partial charge < -0.3 is 10.4 Å². The zero-order chi connectivity index (χ0) is 11.6. The third-order valence-corrected chi connectivity index (χ3v) is 4.16. The van der Waals surface area contributed by atoms with Gasteiger partial charge in [0.15, 0.2) is 0 Å². The zero-order valence-corrected chi connectivity index (χ0v) is 11.8. The first-order valence-corrected chi connectivity index (χ1v) is 6.51. The topological polar surface area (TPSA) is 45.1 Å². The Kier molecular flexibility index (Phi) is 4.29. The number of aliphatic hydroxyl groups excluding tert-OH is 1. The Labute approximate surface area is 103 Å². The molecule has 1 heterocycles. The maximum absolute atomic E-state index is 9.59. The number of nitrogens with zero attached hydrogens (tertiary/aromatic N) is 1. The van der Waals surface area contributed by atoms with E-state index in [2.05, 4.69) is 33.2 Å². The molecule has 0 saturated carbocycles. The predicted molar refractivity (Wildman–Crippen MR) is 67.1 cm³/mol. The fourth-order valence-corrected chi connectivity index (χ4v) is 2.45. The van der Waals surface area contributed by atoms with Gasteiger partial charge in [0, 0.05) is 5.54 Å². The minimum Gasteiger partial charge on any atom is -0.392 e. The average molecular weight is 293 g/mol. The van der Waals surface area contributed by atoms with Gasteiger partial charge >= 0.3 is 0 Å². The second kappa shape index (κ2) is 4.91. The van der Waals surface area contributed by atoms with Crippen molar-refractivity contribution < 1.29 is 5.11 Å². The number of halogens is 1. The molecule has 86 valence electrons.